The number of anilines is 1. The van der Waals surface area contributed by atoms with Crippen LogP contribution < -0.4 is 5.73 Å². The molecule has 1 saturated heterocycles. The molecule has 0 aliphatic carbocycles. The van der Waals surface area contributed by atoms with E-state index in [0.29, 0.717) is 41.0 Å². The van der Waals surface area contributed by atoms with Crippen molar-refractivity contribution in [3.05, 3.63) is 70.2 Å². The van der Waals surface area contributed by atoms with Crippen LogP contribution in [-0.2, 0) is 6.42 Å². The Hall–Kier alpha value is -2.93. The van der Waals surface area contributed by atoms with E-state index in [9.17, 15) is 4.79 Å². The molecular formula is C21H22ClN5O2. The molecule has 1 aliphatic rings. The van der Waals surface area contributed by atoms with Gasteiger partial charge in [-0.25, -0.2) is 15.0 Å². The van der Waals surface area contributed by atoms with E-state index in [1.807, 2.05) is 24.3 Å². The van der Waals surface area contributed by atoms with Crippen LogP contribution in [0.15, 0.2) is 40.9 Å². The number of nitrogens with zero attached hydrogens (tertiary/aromatic N) is 4. The Kier molecular flexibility index (Phi) is 5.49. The van der Waals surface area contributed by atoms with Gasteiger partial charge in [0.1, 0.15) is 17.5 Å². The van der Waals surface area contributed by atoms with Crippen LogP contribution in [0.5, 0.6) is 0 Å². The summed E-state index contributed by atoms with van der Waals surface area (Å²) in [5.74, 6) is 1.17. The van der Waals surface area contributed by atoms with Crippen molar-refractivity contribution in [2.45, 2.75) is 38.6 Å². The van der Waals surface area contributed by atoms with E-state index < -0.39 is 0 Å². The maximum Gasteiger partial charge on any atom is 0.273 e. The number of likely N-dealkylation sites (tertiary alicyclic amines) is 1. The summed E-state index contributed by atoms with van der Waals surface area (Å²) in [6.45, 7) is 2.41. The second-order valence-electron chi connectivity index (χ2n) is 7.20. The first-order valence-electron chi connectivity index (χ1n) is 9.61. The highest BCUT2D eigenvalue weighted by Gasteiger charge is 2.32. The number of halogens is 1. The van der Waals surface area contributed by atoms with Crippen molar-refractivity contribution in [2.24, 2.45) is 0 Å². The van der Waals surface area contributed by atoms with Gasteiger partial charge >= 0.3 is 0 Å². The number of carbonyl (C=O) groups excluding carboxylic acids is 1. The Morgan fingerprint density at radius 3 is 2.93 bits per heavy atom. The molecule has 7 nitrogen and oxygen atoms in total. The van der Waals surface area contributed by atoms with Gasteiger partial charge in [0.05, 0.1) is 6.20 Å². The molecule has 1 atom stereocenters. The first kappa shape index (κ1) is 19.4. The minimum absolute atomic E-state index is 0.0973. The molecule has 1 aromatic carbocycles. The minimum atomic E-state index is -0.229. The van der Waals surface area contributed by atoms with Gasteiger partial charge in [-0.2, -0.15) is 0 Å². The second-order valence-corrected chi connectivity index (χ2v) is 7.60. The third kappa shape index (κ3) is 4.24. The Morgan fingerprint density at radius 2 is 2.14 bits per heavy atom. The number of nitrogens with two attached hydrogens (primary N) is 1. The van der Waals surface area contributed by atoms with Crippen molar-refractivity contribution in [2.75, 3.05) is 12.3 Å². The van der Waals surface area contributed by atoms with Gasteiger partial charge in [0.2, 0.25) is 11.8 Å². The van der Waals surface area contributed by atoms with Crippen molar-refractivity contribution >= 4 is 23.5 Å². The molecule has 0 radical (unpaired) electrons. The summed E-state index contributed by atoms with van der Waals surface area (Å²) in [5.41, 5.74) is 7.66. The fraction of sp³-hybridized carbons (Fsp3) is 0.333. The number of amides is 1. The van der Waals surface area contributed by atoms with Crippen LogP contribution in [-0.4, -0.2) is 32.3 Å². The normalized spacial score (nSPS) is 16.8. The number of aromatic nitrogens is 3. The zero-order chi connectivity index (χ0) is 20.4. The lowest BCUT2D eigenvalue weighted by molar-refractivity contribution is 0.0564. The van der Waals surface area contributed by atoms with E-state index in [4.69, 9.17) is 21.8 Å². The van der Waals surface area contributed by atoms with Crippen molar-refractivity contribution in [3.8, 4) is 0 Å². The first-order valence-corrected chi connectivity index (χ1v) is 9.99. The SMILES string of the molecule is Cc1cc(C(=O)N2CCCC[C@H]2c2ncc(Cc3ccccc3Cl)o2)nc(N)n1. The third-order valence-corrected chi connectivity index (χ3v) is 5.40. The molecule has 1 aliphatic heterocycles. The molecule has 0 saturated carbocycles. The van der Waals surface area contributed by atoms with Crippen LogP contribution in [0.2, 0.25) is 5.02 Å². The fourth-order valence-electron chi connectivity index (χ4n) is 3.67. The number of rotatable bonds is 4. The highest BCUT2D eigenvalue weighted by Crippen LogP contribution is 2.32. The zero-order valence-electron chi connectivity index (χ0n) is 16.1. The Balaban J connectivity index is 1.57. The summed E-state index contributed by atoms with van der Waals surface area (Å²) in [7, 11) is 0. The van der Waals surface area contributed by atoms with Gasteiger partial charge in [0, 0.05) is 23.7 Å². The number of piperidine rings is 1. The van der Waals surface area contributed by atoms with Gasteiger partial charge in [-0.3, -0.25) is 4.79 Å². The standard InChI is InChI=1S/C21H22ClN5O2/c1-13-10-17(26-21(23)25-13)20(28)27-9-5-4-8-18(27)19-24-12-15(29-19)11-14-6-2-3-7-16(14)22/h2-3,6-7,10,12,18H,4-5,8-9,11H2,1H3,(H2,23,25,26)/t18-/m0/s1. The first-order chi connectivity index (χ1) is 14.0. The molecule has 0 bridgehead atoms. The lowest BCUT2D eigenvalue weighted by atomic mass is 10.0. The number of nitrogen functional groups attached to an aromatic ring is 1. The van der Waals surface area contributed by atoms with E-state index in [-0.39, 0.29) is 17.9 Å². The molecule has 150 valence electrons. The monoisotopic (exact) mass is 411 g/mol. The number of aryl methyl sites for hydroxylation is 1. The highest BCUT2D eigenvalue weighted by molar-refractivity contribution is 6.31. The number of carbonyl (C=O) groups is 1. The Morgan fingerprint density at radius 1 is 1.31 bits per heavy atom. The van der Waals surface area contributed by atoms with Crippen LogP contribution in [0.3, 0.4) is 0 Å². The largest absolute Gasteiger partial charge is 0.443 e. The average molecular weight is 412 g/mol. The van der Waals surface area contributed by atoms with Crippen LogP contribution in [0, 0.1) is 6.92 Å². The molecule has 3 heterocycles. The summed E-state index contributed by atoms with van der Waals surface area (Å²) >= 11 is 6.25. The van der Waals surface area contributed by atoms with E-state index in [2.05, 4.69) is 15.0 Å². The summed E-state index contributed by atoms with van der Waals surface area (Å²) in [5, 5.41) is 0.691. The quantitative estimate of drug-likeness (QED) is 0.697. The molecule has 2 N–H and O–H groups in total. The minimum Gasteiger partial charge on any atom is -0.443 e. The van der Waals surface area contributed by atoms with Gasteiger partial charge in [-0.05, 0) is 43.9 Å². The maximum atomic E-state index is 13.1. The third-order valence-electron chi connectivity index (χ3n) is 5.03. The summed E-state index contributed by atoms with van der Waals surface area (Å²) < 4.78 is 6.02. The lowest BCUT2D eigenvalue weighted by Gasteiger charge is -2.33. The molecule has 1 fully saturated rings. The van der Waals surface area contributed by atoms with Crippen LogP contribution in [0.1, 0.15) is 58.7 Å². The Labute approximate surface area is 173 Å². The number of hydrogen-bond acceptors (Lipinski definition) is 6. The Bertz CT molecular complexity index is 1020. The van der Waals surface area contributed by atoms with E-state index >= 15 is 0 Å². The molecule has 1 amide bonds. The number of oxazole rings is 1. The number of benzene rings is 1. The van der Waals surface area contributed by atoms with Gasteiger partial charge in [-0.15, -0.1) is 0 Å². The smallest absolute Gasteiger partial charge is 0.273 e. The van der Waals surface area contributed by atoms with Gasteiger partial charge in [0.15, 0.2) is 0 Å². The topological polar surface area (TPSA) is 98.1 Å². The van der Waals surface area contributed by atoms with Gasteiger partial charge in [-0.1, -0.05) is 29.8 Å². The number of hydrogen-bond donors (Lipinski definition) is 1. The van der Waals surface area contributed by atoms with Crippen LogP contribution in [0.4, 0.5) is 5.95 Å². The van der Waals surface area contributed by atoms with Crippen molar-refractivity contribution in [1.82, 2.24) is 19.9 Å². The van der Waals surface area contributed by atoms with Gasteiger partial charge < -0.3 is 15.1 Å². The van der Waals surface area contributed by atoms with E-state index in [1.54, 1.807) is 24.1 Å². The maximum absolute atomic E-state index is 13.1. The lowest BCUT2D eigenvalue weighted by Crippen LogP contribution is -2.39. The van der Waals surface area contributed by atoms with Crippen LogP contribution in [0.25, 0.3) is 0 Å². The molecule has 0 spiro atoms. The highest BCUT2D eigenvalue weighted by atomic mass is 35.5. The van der Waals surface area contributed by atoms with Crippen molar-refractivity contribution in [1.29, 1.82) is 0 Å². The predicted octanol–water partition coefficient (Wildman–Crippen LogP) is 3.97. The molecular weight excluding hydrogens is 390 g/mol. The molecule has 2 aromatic heterocycles. The van der Waals surface area contributed by atoms with Gasteiger partial charge in [0.25, 0.3) is 5.91 Å². The summed E-state index contributed by atoms with van der Waals surface area (Å²) in [4.78, 5) is 27.5. The van der Waals surface area contributed by atoms with E-state index in [0.717, 1.165) is 24.8 Å². The van der Waals surface area contributed by atoms with Crippen molar-refractivity contribution < 1.29 is 9.21 Å². The van der Waals surface area contributed by atoms with Crippen LogP contribution >= 0.6 is 11.6 Å². The molecule has 8 heteroatoms. The zero-order valence-corrected chi connectivity index (χ0v) is 16.9. The average Bonchev–Trinajstić information content (AvgIpc) is 3.17. The molecule has 3 aromatic rings. The van der Waals surface area contributed by atoms with E-state index in [1.165, 1.54) is 0 Å². The fourth-order valence-corrected chi connectivity index (χ4v) is 3.87. The molecule has 29 heavy (non-hydrogen) atoms. The molecule has 4 rings (SSSR count). The predicted molar refractivity (Wildman–Crippen MR) is 110 cm³/mol. The second kappa shape index (κ2) is 8.21. The summed E-state index contributed by atoms with van der Waals surface area (Å²) in [6.07, 6.45) is 4.98. The van der Waals surface area contributed by atoms with Crippen molar-refractivity contribution in [3.63, 3.8) is 0 Å². The molecule has 0 unspecified atom stereocenters. The summed E-state index contributed by atoms with van der Waals surface area (Å²) in [6, 6.07) is 9.07.